The van der Waals surface area contributed by atoms with E-state index in [9.17, 15) is 19.8 Å². The third kappa shape index (κ3) is 2.86. The van der Waals surface area contributed by atoms with Crippen LogP contribution in [0.5, 0.6) is 0 Å². The number of hydrogen-bond donors (Lipinski definition) is 3. The predicted octanol–water partition coefficient (Wildman–Crippen LogP) is -1.78. The minimum atomic E-state index is -1.45. The van der Waals surface area contributed by atoms with Gasteiger partial charge in [-0.1, -0.05) is 0 Å². The van der Waals surface area contributed by atoms with E-state index in [1.807, 2.05) is 0 Å². The molecule has 0 spiro atoms. The molecule has 1 aliphatic rings. The van der Waals surface area contributed by atoms with Crippen molar-refractivity contribution < 1.29 is 39.1 Å². The molecular weight excluding hydrogens is 236 g/mol. The average molecular weight is 248 g/mol. The molecule has 8 nitrogen and oxygen atoms in total. The monoisotopic (exact) mass is 248 g/mol. The molecule has 0 amide bonds. The van der Waals surface area contributed by atoms with Crippen molar-refractivity contribution >= 4 is 11.9 Å². The van der Waals surface area contributed by atoms with Crippen LogP contribution in [0, 0.1) is 0 Å². The second-order valence-electron chi connectivity index (χ2n) is 3.15. The maximum atomic E-state index is 11.0. The van der Waals surface area contributed by atoms with Crippen LogP contribution in [0.1, 0.15) is 0 Å². The Labute approximate surface area is 96.0 Å². The Kier molecular flexibility index (Phi) is 4.30. The molecule has 1 rings (SSSR count). The molecule has 0 radical (unpaired) electrons. The number of aliphatic hydroxyl groups excluding tert-OH is 3. The molecule has 0 fully saturated rings. The van der Waals surface area contributed by atoms with Gasteiger partial charge in [0.05, 0.1) is 13.7 Å². The summed E-state index contributed by atoms with van der Waals surface area (Å²) in [5.41, 5.74) is 0. The van der Waals surface area contributed by atoms with Crippen LogP contribution in [0.2, 0.25) is 0 Å². The average Bonchev–Trinajstić information content (AvgIpc) is 2.62. The van der Waals surface area contributed by atoms with Crippen LogP contribution < -0.4 is 0 Å². The maximum Gasteiger partial charge on any atom is 0.378 e. The number of aliphatic hydroxyl groups is 3. The number of hydrogen-bond acceptors (Lipinski definition) is 8. The fourth-order valence-electron chi connectivity index (χ4n) is 1.16. The molecule has 96 valence electrons. The Morgan fingerprint density at radius 1 is 1.59 bits per heavy atom. The Bertz CT molecular complexity index is 347. The zero-order valence-electron chi connectivity index (χ0n) is 8.95. The van der Waals surface area contributed by atoms with Crippen molar-refractivity contribution in [3.05, 3.63) is 11.5 Å². The fourth-order valence-corrected chi connectivity index (χ4v) is 1.16. The lowest BCUT2D eigenvalue weighted by Gasteiger charge is -2.17. The van der Waals surface area contributed by atoms with Gasteiger partial charge >= 0.3 is 11.9 Å². The number of methoxy groups -OCH3 is 1. The van der Waals surface area contributed by atoms with E-state index in [0.717, 1.165) is 7.11 Å². The lowest BCUT2D eigenvalue weighted by atomic mass is 10.2. The second kappa shape index (κ2) is 5.51. The summed E-state index contributed by atoms with van der Waals surface area (Å²) >= 11 is 0. The van der Waals surface area contributed by atoms with E-state index in [4.69, 9.17) is 9.84 Å². The van der Waals surface area contributed by atoms with Gasteiger partial charge in [-0.25, -0.2) is 9.59 Å². The summed E-state index contributed by atoms with van der Waals surface area (Å²) in [6, 6.07) is 0. The maximum absolute atomic E-state index is 11.0. The molecule has 2 atom stereocenters. The van der Waals surface area contributed by atoms with Gasteiger partial charge in [-0.3, -0.25) is 0 Å². The van der Waals surface area contributed by atoms with E-state index in [0.29, 0.717) is 0 Å². The minimum absolute atomic E-state index is 0.401. The summed E-state index contributed by atoms with van der Waals surface area (Å²) in [4.78, 5) is 21.8. The first kappa shape index (κ1) is 13.3. The van der Waals surface area contributed by atoms with Crippen LogP contribution in [0.25, 0.3) is 0 Å². The van der Waals surface area contributed by atoms with Crippen LogP contribution in [-0.2, 0) is 23.8 Å². The van der Waals surface area contributed by atoms with Crippen molar-refractivity contribution in [3.63, 3.8) is 0 Å². The van der Waals surface area contributed by atoms with Gasteiger partial charge in [-0.15, -0.1) is 0 Å². The Morgan fingerprint density at radius 3 is 2.76 bits per heavy atom. The number of esters is 2. The lowest BCUT2D eigenvalue weighted by Crippen LogP contribution is -2.33. The highest BCUT2D eigenvalue weighted by Gasteiger charge is 2.40. The summed E-state index contributed by atoms with van der Waals surface area (Å²) in [7, 11) is 1.14. The molecule has 0 saturated carbocycles. The van der Waals surface area contributed by atoms with E-state index >= 15 is 0 Å². The number of carbonyl (C=O) groups is 2. The molecule has 3 N–H and O–H groups in total. The molecule has 0 saturated heterocycles. The summed E-state index contributed by atoms with van der Waals surface area (Å²) in [6.07, 6.45) is -2.78. The van der Waals surface area contributed by atoms with Crippen molar-refractivity contribution in [2.75, 3.05) is 20.3 Å². The van der Waals surface area contributed by atoms with Crippen LogP contribution in [0.15, 0.2) is 11.5 Å². The Morgan fingerprint density at radius 2 is 2.24 bits per heavy atom. The fraction of sp³-hybridized carbons (Fsp3) is 0.556. The zero-order valence-corrected chi connectivity index (χ0v) is 8.95. The zero-order chi connectivity index (χ0) is 13.0. The SMILES string of the molecule is COC(=O)COC1=C(O)C(=O)O[C@@H]1[C@@H](O)CO. The standard InChI is InChI=1S/C9H12O8/c1-15-5(12)3-16-8-6(13)9(14)17-7(8)4(11)2-10/h4,7,10-11,13H,2-3H2,1H3/t4-,7+/m0/s1. The molecule has 0 aromatic heterocycles. The van der Waals surface area contributed by atoms with Crippen LogP contribution in [-0.4, -0.2) is 59.8 Å². The van der Waals surface area contributed by atoms with E-state index in [1.165, 1.54) is 0 Å². The largest absolute Gasteiger partial charge is 0.499 e. The summed E-state index contributed by atoms with van der Waals surface area (Å²) in [6.45, 7) is -1.25. The van der Waals surface area contributed by atoms with E-state index < -0.39 is 48.9 Å². The first-order valence-electron chi connectivity index (χ1n) is 4.64. The van der Waals surface area contributed by atoms with E-state index in [2.05, 4.69) is 9.47 Å². The van der Waals surface area contributed by atoms with Gasteiger partial charge in [0.2, 0.25) is 5.76 Å². The molecule has 0 aliphatic carbocycles. The molecule has 1 aliphatic heterocycles. The van der Waals surface area contributed by atoms with Gasteiger partial charge in [-0.2, -0.15) is 0 Å². The molecule has 17 heavy (non-hydrogen) atoms. The minimum Gasteiger partial charge on any atom is -0.499 e. The highest BCUT2D eigenvalue weighted by atomic mass is 16.6. The number of rotatable bonds is 5. The summed E-state index contributed by atoms with van der Waals surface area (Å²) in [5, 5.41) is 27.3. The van der Waals surface area contributed by atoms with Crippen molar-refractivity contribution in [1.82, 2.24) is 0 Å². The topological polar surface area (TPSA) is 123 Å². The third-order valence-electron chi connectivity index (χ3n) is 2.03. The Balaban J connectivity index is 2.76. The van der Waals surface area contributed by atoms with Crippen LogP contribution >= 0.6 is 0 Å². The highest BCUT2D eigenvalue weighted by Crippen LogP contribution is 2.24. The van der Waals surface area contributed by atoms with E-state index in [-0.39, 0.29) is 0 Å². The quantitative estimate of drug-likeness (QED) is 0.488. The van der Waals surface area contributed by atoms with Gasteiger partial charge in [0.1, 0.15) is 6.10 Å². The van der Waals surface area contributed by atoms with Crippen molar-refractivity contribution in [2.24, 2.45) is 0 Å². The smallest absolute Gasteiger partial charge is 0.378 e. The molecule has 0 aromatic rings. The molecular formula is C9H12O8. The predicted molar refractivity (Wildman–Crippen MR) is 50.6 cm³/mol. The molecule has 1 heterocycles. The normalized spacial score (nSPS) is 21.1. The van der Waals surface area contributed by atoms with Gasteiger partial charge in [0.25, 0.3) is 0 Å². The summed E-state index contributed by atoms with van der Waals surface area (Å²) < 4.78 is 13.7. The Hall–Kier alpha value is -1.80. The van der Waals surface area contributed by atoms with Crippen molar-refractivity contribution in [1.29, 1.82) is 0 Å². The first-order chi connectivity index (χ1) is 8.01. The molecule has 0 bridgehead atoms. The second-order valence-corrected chi connectivity index (χ2v) is 3.15. The van der Waals surface area contributed by atoms with Gasteiger partial charge in [0, 0.05) is 0 Å². The lowest BCUT2D eigenvalue weighted by molar-refractivity contribution is -0.149. The van der Waals surface area contributed by atoms with E-state index in [1.54, 1.807) is 0 Å². The first-order valence-corrected chi connectivity index (χ1v) is 4.64. The highest BCUT2D eigenvalue weighted by molar-refractivity contribution is 5.89. The third-order valence-corrected chi connectivity index (χ3v) is 2.03. The van der Waals surface area contributed by atoms with Gasteiger partial charge < -0.3 is 29.5 Å². The van der Waals surface area contributed by atoms with Gasteiger partial charge in [0.15, 0.2) is 18.5 Å². The van der Waals surface area contributed by atoms with Crippen LogP contribution in [0.4, 0.5) is 0 Å². The number of carbonyl (C=O) groups excluding carboxylic acids is 2. The van der Waals surface area contributed by atoms with Crippen molar-refractivity contribution in [2.45, 2.75) is 12.2 Å². The van der Waals surface area contributed by atoms with Crippen LogP contribution in [0.3, 0.4) is 0 Å². The van der Waals surface area contributed by atoms with Gasteiger partial charge in [-0.05, 0) is 0 Å². The number of ether oxygens (including phenoxy) is 3. The molecule has 0 unspecified atom stereocenters. The molecule has 8 heteroatoms. The van der Waals surface area contributed by atoms with Crippen molar-refractivity contribution in [3.8, 4) is 0 Å². The number of cyclic esters (lactones) is 1. The summed E-state index contributed by atoms with van der Waals surface area (Å²) in [5.74, 6) is -3.07. The molecule has 0 aromatic carbocycles.